The summed E-state index contributed by atoms with van der Waals surface area (Å²) in [7, 11) is 0. The van der Waals surface area contributed by atoms with Gasteiger partial charge in [-0.3, -0.25) is 9.78 Å². The third kappa shape index (κ3) is 3.62. The van der Waals surface area contributed by atoms with Gasteiger partial charge < -0.3 is 10.2 Å². The minimum absolute atomic E-state index is 0.00875. The van der Waals surface area contributed by atoms with Gasteiger partial charge in [0.05, 0.1) is 0 Å². The lowest BCUT2D eigenvalue weighted by Gasteiger charge is -2.19. The van der Waals surface area contributed by atoms with Crippen molar-refractivity contribution in [1.29, 1.82) is 0 Å². The Hall–Kier alpha value is -1.23. The van der Waals surface area contributed by atoms with E-state index in [1.54, 1.807) is 11.1 Å². The zero-order valence-electron chi connectivity index (χ0n) is 11.6. The Kier molecular flexibility index (Phi) is 5.07. The van der Waals surface area contributed by atoms with Crippen LogP contribution in [0.3, 0.4) is 0 Å². The zero-order valence-corrected chi connectivity index (χ0v) is 12.4. The zero-order chi connectivity index (χ0) is 13.7. The van der Waals surface area contributed by atoms with E-state index in [4.69, 9.17) is 0 Å². The molecule has 2 rings (SSSR count). The van der Waals surface area contributed by atoms with Crippen molar-refractivity contribution < 1.29 is 4.79 Å². The summed E-state index contributed by atoms with van der Waals surface area (Å²) in [6.45, 7) is 5.40. The Morgan fingerprint density at radius 3 is 2.95 bits per heavy atom. The molecule has 4 nitrogen and oxygen atoms in total. The van der Waals surface area contributed by atoms with Crippen LogP contribution in [0.15, 0.2) is 18.3 Å². The SMILES string of the molecule is CCN(CC)C(=O)c1cc(NC2CCSC2)ccn1. The number of thioether (sulfide) groups is 1. The minimum atomic E-state index is 0.00875. The quantitative estimate of drug-likeness (QED) is 0.899. The van der Waals surface area contributed by atoms with E-state index < -0.39 is 0 Å². The Labute approximate surface area is 119 Å². The highest BCUT2D eigenvalue weighted by Crippen LogP contribution is 2.21. The van der Waals surface area contributed by atoms with Crippen molar-refractivity contribution in [1.82, 2.24) is 9.88 Å². The van der Waals surface area contributed by atoms with Gasteiger partial charge in [0.1, 0.15) is 5.69 Å². The van der Waals surface area contributed by atoms with Gasteiger partial charge in [0.2, 0.25) is 0 Å². The smallest absolute Gasteiger partial charge is 0.272 e. The van der Waals surface area contributed by atoms with E-state index >= 15 is 0 Å². The molecule has 1 saturated heterocycles. The van der Waals surface area contributed by atoms with Crippen molar-refractivity contribution >= 4 is 23.4 Å². The number of nitrogens with zero attached hydrogens (tertiary/aromatic N) is 2. The van der Waals surface area contributed by atoms with Crippen LogP contribution in [-0.4, -0.2) is 46.4 Å². The van der Waals surface area contributed by atoms with Crippen LogP contribution in [0.2, 0.25) is 0 Å². The van der Waals surface area contributed by atoms with Gasteiger partial charge >= 0.3 is 0 Å². The summed E-state index contributed by atoms with van der Waals surface area (Å²) in [5, 5.41) is 3.48. The van der Waals surface area contributed by atoms with Crippen LogP contribution in [0, 0.1) is 0 Å². The molecule has 0 saturated carbocycles. The molecule has 1 aliphatic rings. The second-order valence-corrected chi connectivity index (χ2v) is 5.76. The molecule has 0 aliphatic carbocycles. The van der Waals surface area contributed by atoms with Crippen LogP contribution in [0.25, 0.3) is 0 Å². The van der Waals surface area contributed by atoms with Crippen molar-refractivity contribution in [2.75, 3.05) is 29.9 Å². The van der Waals surface area contributed by atoms with Crippen LogP contribution in [-0.2, 0) is 0 Å². The molecule has 0 radical (unpaired) electrons. The predicted octanol–water partition coefficient (Wildman–Crippen LogP) is 2.48. The lowest BCUT2D eigenvalue weighted by Crippen LogP contribution is -2.31. The number of hydrogen-bond acceptors (Lipinski definition) is 4. The third-order valence-electron chi connectivity index (χ3n) is 3.33. The Balaban J connectivity index is 2.07. The molecule has 1 unspecified atom stereocenters. The van der Waals surface area contributed by atoms with Gasteiger partial charge in [-0.15, -0.1) is 0 Å². The van der Waals surface area contributed by atoms with Gasteiger partial charge in [0, 0.05) is 36.8 Å². The van der Waals surface area contributed by atoms with Gasteiger partial charge in [0.25, 0.3) is 5.91 Å². The third-order valence-corrected chi connectivity index (χ3v) is 4.49. The monoisotopic (exact) mass is 279 g/mol. The lowest BCUT2D eigenvalue weighted by molar-refractivity contribution is 0.0767. The molecule has 0 bridgehead atoms. The maximum Gasteiger partial charge on any atom is 0.272 e. The van der Waals surface area contributed by atoms with Crippen molar-refractivity contribution in [3.63, 3.8) is 0 Å². The van der Waals surface area contributed by atoms with Gasteiger partial charge in [0.15, 0.2) is 0 Å². The maximum absolute atomic E-state index is 12.2. The summed E-state index contributed by atoms with van der Waals surface area (Å²) in [6, 6.07) is 4.31. The average Bonchev–Trinajstić information content (AvgIpc) is 2.93. The number of carbonyl (C=O) groups excluding carboxylic acids is 1. The number of aromatic nitrogens is 1. The molecule has 0 spiro atoms. The van der Waals surface area contributed by atoms with Crippen molar-refractivity contribution in [3.05, 3.63) is 24.0 Å². The summed E-state index contributed by atoms with van der Waals surface area (Å²) in [6.07, 6.45) is 2.90. The number of carbonyl (C=O) groups is 1. The number of hydrogen-bond donors (Lipinski definition) is 1. The number of amides is 1. The lowest BCUT2D eigenvalue weighted by atomic mass is 10.2. The predicted molar refractivity (Wildman–Crippen MR) is 80.8 cm³/mol. The van der Waals surface area contributed by atoms with E-state index in [0.717, 1.165) is 11.4 Å². The summed E-state index contributed by atoms with van der Waals surface area (Å²) < 4.78 is 0. The molecule has 1 amide bonds. The summed E-state index contributed by atoms with van der Waals surface area (Å²) in [5.41, 5.74) is 1.53. The summed E-state index contributed by atoms with van der Waals surface area (Å²) in [5.74, 6) is 2.37. The number of pyridine rings is 1. The van der Waals surface area contributed by atoms with Crippen LogP contribution in [0.1, 0.15) is 30.8 Å². The Morgan fingerprint density at radius 2 is 2.32 bits per heavy atom. The molecule has 1 aliphatic heterocycles. The van der Waals surface area contributed by atoms with Crippen LogP contribution >= 0.6 is 11.8 Å². The molecule has 5 heteroatoms. The van der Waals surface area contributed by atoms with E-state index in [9.17, 15) is 4.79 Å². The average molecular weight is 279 g/mol. The second kappa shape index (κ2) is 6.80. The summed E-state index contributed by atoms with van der Waals surface area (Å²) >= 11 is 1.97. The van der Waals surface area contributed by atoms with Gasteiger partial charge in [-0.2, -0.15) is 11.8 Å². The number of rotatable bonds is 5. The first-order valence-corrected chi connectivity index (χ1v) is 7.99. The topological polar surface area (TPSA) is 45.2 Å². The van der Waals surface area contributed by atoms with Crippen LogP contribution in [0.4, 0.5) is 5.69 Å². The summed E-state index contributed by atoms with van der Waals surface area (Å²) in [4.78, 5) is 18.2. The van der Waals surface area contributed by atoms with Gasteiger partial charge in [-0.1, -0.05) is 0 Å². The molecule has 0 aromatic carbocycles. The standard InChI is InChI=1S/C14H21N3OS/c1-3-17(4-2)14(18)13-9-11(5-7-15-13)16-12-6-8-19-10-12/h5,7,9,12H,3-4,6,8,10H2,1-2H3,(H,15,16). The second-order valence-electron chi connectivity index (χ2n) is 4.61. The van der Waals surface area contributed by atoms with Gasteiger partial charge in [-0.25, -0.2) is 0 Å². The molecular formula is C14H21N3OS. The first-order valence-electron chi connectivity index (χ1n) is 6.84. The molecule has 1 N–H and O–H groups in total. The van der Waals surface area contributed by atoms with Crippen molar-refractivity contribution in [2.45, 2.75) is 26.3 Å². The Morgan fingerprint density at radius 1 is 1.53 bits per heavy atom. The number of nitrogens with one attached hydrogen (secondary N) is 1. The molecule has 1 aromatic rings. The fourth-order valence-electron chi connectivity index (χ4n) is 2.19. The molecule has 1 aromatic heterocycles. The van der Waals surface area contributed by atoms with E-state index in [1.165, 1.54) is 12.2 Å². The largest absolute Gasteiger partial charge is 0.381 e. The molecule has 104 valence electrons. The van der Waals surface area contributed by atoms with E-state index in [-0.39, 0.29) is 5.91 Å². The molecule has 1 fully saturated rings. The number of anilines is 1. The fourth-order valence-corrected chi connectivity index (χ4v) is 3.35. The molecule has 1 atom stereocenters. The minimum Gasteiger partial charge on any atom is -0.381 e. The molecule has 2 heterocycles. The molecule has 19 heavy (non-hydrogen) atoms. The highest BCUT2D eigenvalue weighted by Gasteiger charge is 2.17. The van der Waals surface area contributed by atoms with E-state index in [0.29, 0.717) is 24.8 Å². The first kappa shape index (κ1) is 14.2. The molecular weight excluding hydrogens is 258 g/mol. The van der Waals surface area contributed by atoms with E-state index in [1.807, 2.05) is 37.7 Å². The van der Waals surface area contributed by atoms with Crippen LogP contribution in [0.5, 0.6) is 0 Å². The normalized spacial score (nSPS) is 18.3. The van der Waals surface area contributed by atoms with Crippen LogP contribution < -0.4 is 5.32 Å². The van der Waals surface area contributed by atoms with E-state index in [2.05, 4.69) is 10.3 Å². The fraction of sp³-hybridized carbons (Fsp3) is 0.571. The first-order chi connectivity index (χ1) is 9.24. The van der Waals surface area contributed by atoms with Crippen molar-refractivity contribution in [3.8, 4) is 0 Å². The Bertz CT molecular complexity index is 428. The van der Waals surface area contributed by atoms with Crippen molar-refractivity contribution in [2.24, 2.45) is 0 Å². The van der Waals surface area contributed by atoms with Gasteiger partial charge in [-0.05, 0) is 38.2 Å². The highest BCUT2D eigenvalue weighted by atomic mass is 32.2. The maximum atomic E-state index is 12.2. The highest BCUT2D eigenvalue weighted by molar-refractivity contribution is 7.99.